The first kappa shape index (κ1) is 10.9. The van der Waals surface area contributed by atoms with Gasteiger partial charge >= 0.3 is 0 Å². The van der Waals surface area contributed by atoms with Gasteiger partial charge in [-0.3, -0.25) is 4.79 Å². The van der Waals surface area contributed by atoms with Crippen molar-refractivity contribution < 1.29 is 9.90 Å². The second kappa shape index (κ2) is 4.86. The van der Waals surface area contributed by atoms with Gasteiger partial charge in [0.25, 0.3) is 0 Å². The van der Waals surface area contributed by atoms with Crippen LogP contribution in [0.5, 0.6) is 0 Å². The van der Waals surface area contributed by atoms with Crippen LogP contribution in [0, 0.1) is 5.41 Å². The zero-order valence-electron chi connectivity index (χ0n) is 7.75. The molecule has 0 spiro atoms. The number of thiol groups is 1. The molecule has 0 unspecified atom stereocenters. The van der Waals surface area contributed by atoms with Gasteiger partial charge in [0.2, 0.25) is 5.91 Å². The summed E-state index contributed by atoms with van der Waals surface area (Å²) in [6.45, 7) is 0.718. The van der Waals surface area contributed by atoms with Crippen molar-refractivity contribution in [3.63, 3.8) is 0 Å². The lowest BCUT2D eigenvalue weighted by atomic mass is 10.1. The number of rotatable bonds is 6. The Bertz CT molecular complexity index is 180. The molecular formula is C9H17NO2S. The van der Waals surface area contributed by atoms with Crippen molar-refractivity contribution in [2.75, 3.05) is 18.9 Å². The Labute approximate surface area is 84.3 Å². The topological polar surface area (TPSA) is 49.3 Å². The molecule has 1 saturated carbocycles. The van der Waals surface area contributed by atoms with E-state index in [1.807, 2.05) is 0 Å². The second-order valence-electron chi connectivity index (χ2n) is 3.76. The molecule has 4 heteroatoms. The Morgan fingerprint density at radius 3 is 2.69 bits per heavy atom. The molecule has 13 heavy (non-hydrogen) atoms. The fraction of sp³-hybridized carbons (Fsp3) is 0.889. The van der Waals surface area contributed by atoms with Crippen LogP contribution < -0.4 is 5.32 Å². The summed E-state index contributed by atoms with van der Waals surface area (Å²) in [5.74, 6) is 0.903. The van der Waals surface area contributed by atoms with E-state index in [1.165, 1.54) is 0 Å². The van der Waals surface area contributed by atoms with Gasteiger partial charge in [-0.1, -0.05) is 0 Å². The number of aliphatic hydroxyl groups is 1. The molecule has 76 valence electrons. The van der Waals surface area contributed by atoms with Gasteiger partial charge in [0, 0.05) is 19.6 Å². The van der Waals surface area contributed by atoms with Crippen molar-refractivity contribution in [3.05, 3.63) is 0 Å². The fourth-order valence-corrected chi connectivity index (χ4v) is 1.71. The molecule has 0 heterocycles. The summed E-state index contributed by atoms with van der Waals surface area (Å²) in [7, 11) is 0. The Morgan fingerprint density at radius 2 is 2.23 bits per heavy atom. The SMILES string of the molecule is O=C(CC1(CS)CC1)NCCCO. The third-order valence-electron chi connectivity index (χ3n) is 2.49. The van der Waals surface area contributed by atoms with Crippen LogP contribution in [0.2, 0.25) is 0 Å². The minimum Gasteiger partial charge on any atom is -0.396 e. The van der Waals surface area contributed by atoms with Gasteiger partial charge in [-0.05, 0) is 30.4 Å². The van der Waals surface area contributed by atoms with E-state index < -0.39 is 0 Å². The molecule has 1 aliphatic carbocycles. The lowest BCUT2D eigenvalue weighted by molar-refractivity contribution is -0.122. The molecule has 0 aromatic heterocycles. The van der Waals surface area contributed by atoms with Gasteiger partial charge in [-0.25, -0.2) is 0 Å². The molecule has 1 aliphatic rings. The normalized spacial score (nSPS) is 18.3. The lowest BCUT2D eigenvalue weighted by Crippen LogP contribution is -2.27. The highest BCUT2D eigenvalue weighted by Crippen LogP contribution is 2.49. The number of nitrogens with one attached hydrogen (secondary N) is 1. The quantitative estimate of drug-likeness (QED) is 0.437. The van der Waals surface area contributed by atoms with Crippen LogP contribution in [0.4, 0.5) is 0 Å². The number of hydrogen-bond acceptors (Lipinski definition) is 3. The van der Waals surface area contributed by atoms with Crippen LogP contribution in [-0.4, -0.2) is 29.9 Å². The molecule has 1 rings (SSSR count). The van der Waals surface area contributed by atoms with E-state index >= 15 is 0 Å². The summed E-state index contributed by atoms with van der Waals surface area (Å²) >= 11 is 4.23. The van der Waals surface area contributed by atoms with Crippen LogP contribution in [0.1, 0.15) is 25.7 Å². The van der Waals surface area contributed by atoms with Crippen molar-refractivity contribution in [2.24, 2.45) is 5.41 Å². The van der Waals surface area contributed by atoms with Gasteiger partial charge in [-0.2, -0.15) is 12.6 Å². The molecule has 0 aromatic carbocycles. The number of carbonyl (C=O) groups is 1. The predicted octanol–water partition coefficient (Wildman–Crippen LogP) is 0.585. The average molecular weight is 203 g/mol. The Hall–Kier alpha value is -0.220. The van der Waals surface area contributed by atoms with Crippen LogP contribution in [0.25, 0.3) is 0 Å². The largest absolute Gasteiger partial charge is 0.396 e. The third kappa shape index (κ3) is 3.56. The highest BCUT2D eigenvalue weighted by atomic mass is 32.1. The van der Waals surface area contributed by atoms with Crippen LogP contribution in [0.3, 0.4) is 0 Å². The maximum atomic E-state index is 11.3. The van der Waals surface area contributed by atoms with E-state index in [1.54, 1.807) is 0 Å². The summed E-state index contributed by atoms with van der Waals surface area (Å²) in [5.41, 5.74) is 0.201. The van der Waals surface area contributed by atoms with Crippen molar-refractivity contribution in [1.82, 2.24) is 5.32 Å². The van der Waals surface area contributed by atoms with E-state index in [9.17, 15) is 4.79 Å². The molecule has 0 aliphatic heterocycles. The maximum Gasteiger partial charge on any atom is 0.220 e. The minimum absolute atomic E-state index is 0.0972. The van der Waals surface area contributed by atoms with Gasteiger partial charge in [0.05, 0.1) is 0 Å². The number of amides is 1. The van der Waals surface area contributed by atoms with E-state index in [0.717, 1.165) is 18.6 Å². The van der Waals surface area contributed by atoms with Crippen molar-refractivity contribution in [2.45, 2.75) is 25.7 Å². The molecule has 2 N–H and O–H groups in total. The molecule has 3 nitrogen and oxygen atoms in total. The smallest absolute Gasteiger partial charge is 0.220 e. The molecule has 0 bridgehead atoms. The van der Waals surface area contributed by atoms with E-state index in [4.69, 9.17) is 5.11 Å². The van der Waals surface area contributed by atoms with E-state index in [2.05, 4.69) is 17.9 Å². The first-order valence-corrected chi connectivity index (χ1v) is 5.34. The monoisotopic (exact) mass is 203 g/mol. The van der Waals surface area contributed by atoms with E-state index in [-0.39, 0.29) is 17.9 Å². The maximum absolute atomic E-state index is 11.3. The van der Waals surface area contributed by atoms with Crippen molar-refractivity contribution in [1.29, 1.82) is 0 Å². The highest BCUT2D eigenvalue weighted by molar-refractivity contribution is 7.80. The third-order valence-corrected chi connectivity index (χ3v) is 3.16. The molecule has 1 amide bonds. The van der Waals surface area contributed by atoms with Crippen LogP contribution >= 0.6 is 12.6 Å². The number of hydrogen-bond donors (Lipinski definition) is 3. The molecule has 1 fully saturated rings. The highest BCUT2D eigenvalue weighted by Gasteiger charge is 2.42. The molecule has 0 atom stereocenters. The summed E-state index contributed by atoms with van der Waals surface area (Å²) in [5, 5.41) is 11.3. The van der Waals surface area contributed by atoms with Gasteiger partial charge in [0.1, 0.15) is 0 Å². The summed E-state index contributed by atoms with van der Waals surface area (Å²) in [4.78, 5) is 11.3. The Kier molecular flexibility index (Phi) is 4.06. The molecule has 0 saturated heterocycles. The predicted molar refractivity (Wildman–Crippen MR) is 54.8 cm³/mol. The average Bonchev–Trinajstić information content (AvgIpc) is 2.86. The Balaban J connectivity index is 2.11. The number of aliphatic hydroxyl groups excluding tert-OH is 1. The minimum atomic E-state index is 0.0972. The van der Waals surface area contributed by atoms with E-state index in [0.29, 0.717) is 19.4 Å². The van der Waals surface area contributed by atoms with Crippen LogP contribution in [0.15, 0.2) is 0 Å². The fourth-order valence-electron chi connectivity index (χ4n) is 1.28. The van der Waals surface area contributed by atoms with Crippen molar-refractivity contribution in [3.8, 4) is 0 Å². The van der Waals surface area contributed by atoms with Gasteiger partial charge < -0.3 is 10.4 Å². The molecule has 0 radical (unpaired) electrons. The van der Waals surface area contributed by atoms with Gasteiger partial charge in [0.15, 0.2) is 0 Å². The second-order valence-corrected chi connectivity index (χ2v) is 4.08. The first-order valence-electron chi connectivity index (χ1n) is 4.71. The van der Waals surface area contributed by atoms with Gasteiger partial charge in [-0.15, -0.1) is 0 Å². The lowest BCUT2D eigenvalue weighted by Gasteiger charge is -2.11. The summed E-state index contributed by atoms with van der Waals surface area (Å²) in [6.07, 6.45) is 3.50. The standard InChI is InChI=1S/C9H17NO2S/c11-5-1-4-10-8(12)6-9(7-13)2-3-9/h11,13H,1-7H2,(H,10,12). The zero-order chi connectivity index (χ0) is 9.73. The first-order chi connectivity index (χ1) is 6.22. The summed E-state index contributed by atoms with van der Waals surface area (Å²) in [6, 6.07) is 0. The molecule has 0 aromatic rings. The number of carbonyl (C=O) groups excluding carboxylic acids is 1. The summed E-state index contributed by atoms with van der Waals surface area (Å²) < 4.78 is 0. The molecular weight excluding hydrogens is 186 g/mol. The van der Waals surface area contributed by atoms with Crippen molar-refractivity contribution >= 4 is 18.5 Å². The zero-order valence-corrected chi connectivity index (χ0v) is 8.65. The Morgan fingerprint density at radius 1 is 1.54 bits per heavy atom. The van der Waals surface area contributed by atoms with Crippen LogP contribution in [-0.2, 0) is 4.79 Å².